The second-order valence-electron chi connectivity index (χ2n) is 5.66. The summed E-state index contributed by atoms with van der Waals surface area (Å²) in [7, 11) is 1.66. The molecule has 1 saturated heterocycles. The molecule has 0 spiro atoms. The molecule has 1 amide bonds. The Morgan fingerprint density at radius 2 is 2.05 bits per heavy atom. The first-order chi connectivity index (χ1) is 10.2. The molecule has 1 heterocycles. The smallest absolute Gasteiger partial charge is 0.223 e. The number of likely N-dealkylation sites (tertiary alicyclic amines) is 1. The van der Waals surface area contributed by atoms with E-state index in [1.165, 1.54) is 12.0 Å². The number of nitrogens with zero attached hydrogens (tertiary/aromatic N) is 1. The van der Waals surface area contributed by atoms with E-state index in [1.807, 2.05) is 24.3 Å². The molecule has 0 aliphatic carbocycles. The summed E-state index contributed by atoms with van der Waals surface area (Å²) < 4.78 is 5.14. The van der Waals surface area contributed by atoms with Gasteiger partial charge < -0.3 is 15.4 Å². The lowest BCUT2D eigenvalue weighted by atomic mass is 9.98. The number of hydrogen-bond donors (Lipinski definition) is 1. The molecule has 0 aromatic heterocycles. The summed E-state index contributed by atoms with van der Waals surface area (Å²) in [4.78, 5) is 14.5. The van der Waals surface area contributed by atoms with Gasteiger partial charge in [-0.05, 0) is 56.3 Å². The third-order valence-electron chi connectivity index (χ3n) is 4.23. The van der Waals surface area contributed by atoms with Crippen LogP contribution in [0, 0.1) is 0 Å². The zero-order chi connectivity index (χ0) is 15.1. The van der Waals surface area contributed by atoms with Gasteiger partial charge >= 0.3 is 0 Å². The van der Waals surface area contributed by atoms with E-state index in [1.54, 1.807) is 7.11 Å². The molecule has 124 valence electrons. The topological polar surface area (TPSA) is 55.6 Å². The summed E-state index contributed by atoms with van der Waals surface area (Å²) in [6, 6.07) is 8.29. The van der Waals surface area contributed by atoms with Gasteiger partial charge in [0, 0.05) is 19.0 Å². The number of nitrogens with two attached hydrogens (primary N) is 1. The number of piperidine rings is 1. The van der Waals surface area contributed by atoms with Gasteiger partial charge in [0.1, 0.15) is 5.75 Å². The van der Waals surface area contributed by atoms with Crippen LogP contribution in [0.3, 0.4) is 0 Å². The Balaban J connectivity index is 0.00000242. The Kier molecular flexibility index (Phi) is 8.28. The van der Waals surface area contributed by atoms with E-state index in [9.17, 15) is 4.79 Å². The zero-order valence-electron chi connectivity index (χ0n) is 13.3. The minimum absolute atomic E-state index is 0. The fourth-order valence-corrected chi connectivity index (χ4v) is 3.01. The molecule has 1 aliphatic rings. The maximum Gasteiger partial charge on any atom is 0.223 e. The van der Waals surface area contributed by atoms with Crippen molar-refractivity contribution in [3.05, 3.63) is 29.8 Å². The molecule has 4 nitrogen and oxygen atoms in total. The SMILES string of the molecule is COc1ccc(CCC(=O)N2CCCCC2CCN)cc1.Cl. The van der Waals surface area contributed by atoms with Crippen LogP contribution in [0.25, 0.3) is 0 Å². The van der Waals surface area contributed by atoms with Crippen molar-refractivity contribution < 1.29 is 9.53 Å². The minimum atomic E-state index is 0. The number of benzene rings is 1. The number of amides is 1. The third kappa shape index (κ3) is 5.18. The molecule has 1 fully saturated rings. The monoisotopic (exact) mass is 326 g/mol. The number of rotatable bonds is 6. The van der Waals surface area contributed by atoms with Crippen LogP contribution in [-0.4, -0.2) is 37.0 Å². The summed E-state index contributed by atoms with van der Waals surface area (Å²) in [5.74, 6) is 1.12. The highest BCUT2D eigenvalue weighted by atomic mass is 35.5. The molecule has 0 radical (unpaired) electrons. The highest BCUT2D eigenvalue weighted by molar-refractivity contribution is 5.85. The fourth-order valence-electron chi connectivity index (χ4n) is 3.01. The van der Waals surface area contributed by atoms with Gasteiger partial charge in [-0.1, -0.05) is 12.1 Å². The number of methoxy groups -OCH3 is 1. The lowest BCUT2D eigenvalue weighted by Crippen LogP contribution is -2.44. The maximum atomic E-state index is 12.4. The van der Waals surface area contributed by atoms with Gasteiger partial charge in [-0.15, -0.1) is 12.4 Å². The Bertz CT molecular complexity index is 448. The van der Waals surface area contributed by atoms with E-state index < -0.39 is 0 Å². The van der Waals surface area contributed by atoms with Gasteiger partial charge in [-0.25, -0.2) is 0 Å². The molecule has 0 saturated carbocycles. The first-order valence-electron chi connectivity index (χ1n) is 7.87. The summed E-state index contributed by atoms with van der Waals surface area (Å²) in [5.41, 5.74) is 6.84. The summed E-state index contributed by atoms with van der Waals surface area (Å²) in [5, 5.41) is 0. The van der Waals surface area contributed by atoms with E-state index in [2.05, 4.69) is 4.90 Å². The van der Waals surface area contributed by atoms with Gasteiger partial charge in [-0.2, -0.15) is 0 Å². The largest absolute Gasteiger partial charge is 0.497 e. The van der Waals surface area contributed by atoms with E-state index >= 15 is 0 Å². The van der Waals surface area contributed by atoms with Crippen molar-refractivity contribution >= 4 is 18.3 Å². The molecule has 2 rings (SSSR count). The second kappa shape index (κ2) is 9.70. The minimum Gasteiger partial charge on any atom is -0.497 e. The van der Waals surface area contributed by atoms with Crippen LogP contribution in [0.1, 0.15) is 37.7 Å². The van der Waals surface area contributed by atoms with E-state index in [-0.39, 0.29) is 18.3 Å². The van der Waals surface area contributed by atoms with Crippen molar-refractivity contribution in [1.82, 2.24) is 4.90 Å². The van der Waals surface area contributed by atoms with Crippen LogP contribution < -0.4 is 10.5 Å². The molecule has 1 atom stereocenters. The Labute approximate surface area is 139 Å². The molecular formula is C17H27ClN2O2. The summed E-state index contributed by atoms with van der Waals surface area (Å²) in [6.45, 7) is 1.55. The maximum absolute atomic E-state index is 12.4. The standard InChI is InChI=1S/C17H26N2O2.ClH/c1-21-16-8-5-14(6-9-16)7-10-17(20)19-13-3-2-4-15(19)11-12-18;/h5-6,8-9,15H,2-4,7,10-13,18H2,1H3;1H. The van der Waals surface area contributed by atoms with E-state index in [4.69, 9.17) is 10.5 Å². The van der Waals surface area contributed by atoms with Crippen LogP contribution in [0.15, 0.2) is 24.3 Å². The molecule has 1 unspecified atom stereocenters. The first-order valence-corrected chi connectivity index (χ1v) is 7.87. The van der Waals surface area contributed by atoms with Crippen LogP contribution in [-0.2, 0) is 11.2 Å². The average molecular weight is 327 g/mol. The average Bonchev–Trinajstić information content (AvgIpc) is 2.54. The van der Waals surface area contributed by atoms with Crippen LogP contribution in [0.4, 0.5) is 0 Å². The van der Waals surface area contributed by atoms with E-state index in [0.29, 0.717) is 19.0 Å². The van der Waals surface area contributed by atoms with Gasteiger partial charge in [0.15, 0.2) is 0 Å². The Hall–Kier alpha value is -1.26. The predicted octanol–water partition coefficient (Wildman–Crippen LogP) is 2.78. The second-order valence-corrected chi connectivity index (χ2v) is 5.66. The van der Waals surface area contributed by atoms with Crippen molar-refractivity contribution in [2.24, 2.45) is 5.73 Å². The van der Waals surface area contributed by atoms with Crippen LogP contribution in [0.5, 0.6) is 5.75 Å². The quantitative estimate of drug-likeness (QED) is 0.874. The molecule has 2 N–H and O–H groups in total. The number of carbonyl (C=O) groups is 1. The number of aryl methyl sites for hydroxylation is 1. The van der Waals surface area contributed by atoms with Crippen molar-refractivity contribution in [1.29, 1.82) is 0 Å². The molecule has 0 bridgehead atoms. The van der Waals surface area contributed by atoms with Crippen LogP contribution in [0.2, 0.25) is 0 Å². The number of hydrogen-bond acceptors (Lipinski definition) is 3. The van der Waals surface area contributed by atoms with Crippen molar-refractivity contribution in [3.63, 3.8) is 0 Å². The lowest BCUT2D eigenvalue weighted by molar-refractivity contribution is -0.134. The first kappa shape index (κ1) is 18.8. The number of halogens is 1. The van der Waals surface area contributed by atoms with E-state index in [0.717, 1.165) is 38.0 Å². The van der Waals surface area contributed by atoms with Gasteiger partial charge in [-0.3, -0.25) is 4.79 Å². The Morgan fingerprint density at radius 3 is 2.68 bits per heavy atom. The van der Waals surface area contributed by atoms with Crippen molar-refractivity contribution in [2.75, 3.05) is 20.2 Å². The fraction of sp³-hybridized carbons (Fsp3) is 0.588. The van der Waals surface area contributed by atoms with Crippen molar-refractivity contribution in [3.8, 4) is 5.75 Å². The summed E-state index contributed by atoms with van der Waals surface area (Å²) >= 11 is 0. The van der Waals surface area contributed by atoms with Gasteiger partial charge in [0.25, 0.3) is 0 Å². The summed E-state index contributed by atoms with van der Waals surface area (Å²) in [6.07, 6.45) is 5.73. The van der Waals surface area contributed by atoms with Gasteiger partial charge in [0.2, 0.25) is 5.91 Å². The number of ether oxygens (including phenoxy) is 1. The Morgan fingerprint density at radius 1 is 1.32 bits per heavy atom. The van der Waals surface area contributed by atoms with Gasteiger partial charge in [0.05, 0.1) is 7.11 Å². The molecule has 5 heteroatoms. The predicted molar refractivity (Wildman–Crippen MR) is 91.6 cm³/mol. The normalized spacial score (nSPS) is 17.7. The molecule has 1 aliphatic heterocycles. The highest BCUT2D eigenvalue weighted by Crippen LogP contribution is 2.21. The molecule has 1 aromatic rings. The van der Waals surface area contributed by atoms with Crippen LogP contribution >= 0.6 is 12.4 Å². The molecule has 1 aromatic carbocycles. The molecular weight excluding hydrogens is 300 g/mol. The number of carbonyl (C=O) groups excluding carboxylic acids is 1. The molecule has 22 heavy (non-hydrogen) atoms. The lowest BCUT2D eigenvalue weighted by Gasteiger charge is -2.35. The third-order valence-corrected chi connectivity index (χ3v) is 4.23. The zero-order valence-corrected chi connectivity index (χ0v) is 14.1. The highest BCUT2D eigenvalue weighted by Gasteiger charge is 2.25. The van der Waals surface area contributed by atoms with Crippen molar-refractivity contribution in [2.45, 2.75) is 44.6 Å².